The number of aryl methyl sites for hydroxylation is 1. The molecule has 2 aromatic rings. The number of nitrogens with zero attached hydrogens (tertiary/aromatic N) is 2. The zero-order chi connectivity index (χ0) is 11.7. The highest BCUT2D eigenvalue weighted by atomic mass is 79.9. The molecule has 0 bridgehead atoms. The van der Waals surface area contributed by atoms with E-state index in [4.69, 9.17) is 17.3 Å². The Bertz CT molecular complexity index is 502. The monoisotopic (exact) mass is 299 g/mol. The SMILES string of the molecule is Cc1nn(Cc2cccc(N)c2Br)cc1Cl. The number of rotatable bonds is 2. The molecule has 16 heavy (non-hydrogen) atoms. The first-order valence-electron chi connectivity index (χ1n) is 4.80. The maximum Gasteiger partial charge on any atom is 0.0815 e. The number of anilines is 1. The van der Waals surface area contributed by atoms with Gasteiger partial charge in [0.2, 0.25) is 0 Å². The summed E-state index contributed by atoms with van der Waals surface area (Å²) in [7, 11) is 0. The van der Waals surface area contributed by atoms with Crippen molar-refractivity contribution in [2.45, 2.75) is 13.5 Å². The summed E-state index contributed by atoms with van der Waals surface area (Å²) in [6, 6.07) is 5.79. The molecule has 0 saturated heterocycles. The standard InChI is InChI=1S/C11H11BrClN3/c1-7-9(13)6-16(15-7)5-8-3-2-4-10(14)11(8)12/h2-4,6H,5,14H2,1H3. The van der Waals surface area contributed by atoms with Crippen molar-refractivity contribution >= 4 is 33.2 Å². The number of aromatic nitrogens is 2. The van der Waals surface area contributed by atoms with Crippen molar-refractivity contribution in [2.24, 2.45) is 0 Å². The normalized spacial score (nSPS) is 10.7. The molecule has 1 aromatic carbocycles. The zero-order valence-electron chi connectivity index (χ0n) is 8.74. The molecule has 0 amide bonds. The van der Waals surface area contributed by atoms with Crippen molar-refractivity contribution in [3.63, 3.8) is 0 Å². The maximum atomic E-state index is 5.95. The van der Waals surface area contributed by atoms with E-state index in [1.165, 1.54) is 0 Å². The van der Waals surface area contributed by atoms with Crippen LogP contribution in [0.25, 0.3) is 0 Å². The molecule has 0 unspecified atom stereocenters. The van der Waals surface area contributed by atoms with E-state index in [0.29, 0.717) is 11.6 Å². The molecule has 0 atom stereocenters. The smallest absolute Gasteiger partial charge is 0.0815 e. The van der Waals surface area contributed by atoms with Gasteiger partial charge in [0.1, 0.15) is 0 Å². The minimum atomic E-state index is 0.652. The molecule has 3 nitrogen and oxygen atoms in total. The van der Waals surface area contributed by atoms with E-state index in [9.17, 15) is 0 Å². The molecule has 1 heterocycles. The molecule has 0 saturated carbocycles. The summed E-state index contributed by atoms with van der Waals surface area (Å²) in [5.74, 6) is 0. The fraction of sp³-hybridized carbons (Fsp3) is 0.182. The fourth-order valence-corrected chi connectivity index (χ4v) is 2.01. The first-order valence-corrected chi connectivity index (χ1v) is 5.97. The number of hydrogen-bond donors (Lipinski definition) is 1. The highest BCUT2D eigenvalue weighted by Crippen LogP contribution is 2.24. The predicted molar refractivity (Wildman–Crippen MR) is 69.6 cm³/mol. The molecule has 0 radical (unpaired) electrons. The summed E-state index contributed by atoms with van der Waals surface area (Å²) in [5, 5.41) is 4.98. The van der Waals surface area contributed by atoms with Crippen molar-refractivity contribution in [1.82, 2.24) is 9.78 Å². The Kier molecular flexibility index (Phi) is 3.21. The topological polar surface area (TPSA) is 43.8 Å². The van der Waals surface area contributed by atoms with Crippen LogP contribution in [0.3, 0.4) is 0 Å². The number of benzene rings is 1. The summed E-state index contributed by atoms with van der Waals surface area (Å²) < 4.78 is 2.72. The molecule has 0 spiro atoms. The number of halogens is 2. The van der Waals surface area contributed by atoms with Crippen LogP contribution < -0.4 is 5.73 Å². The van der Waals surface area contributed by atoms with Crippen molar-refractivity contribution in [2.75, 3.05) is 5.73 Å². The highest BCUT2D eigenvalue weighted by molar-refractivity contribution is 9.10. The lowest BCUT2D eigenvalue weighted by Gasteiger charge is -2.06. The van der Waals surface area contributed by atoms with Gasteiger partial charge in [0.15, 0.2) is 0 Å². The van der Waals surface area contributed by atoms with Crippen molar-refractivity contribution in [3.8, 4) is 0 Å². The molecule has 0 aliphatic heterocycles. The summed E-state index contributed by atoms with van der Waals surface area (Å²) in [6.45, 7) is 2.53. The van der Waals surface area contributed by atoms with Crippen LogP contribution in [0.15, 0.2) is 28.9 Å². The summed E-state index contributed by atoms with van der Waals surface area (Å²) in [5.41, 5.74) is 8.45. The lowest BCUT2D eigenvalue weighted by Crippen LogP contribution is -2.02. The van der Waals surface area contributed by atoms with Crippen LogP contribution in [0.5, 0.6) is 0 Å². The van der Waals surface area contributed by atoms with E-state index in [1.807, 2.05) is 31.3 Å². The van der Waals surface area contributed by atoms with Gasteiger partial charge in [0.05, 0.1) is 17.3 Å². The van der Waals surface area contributed by atoms with Gasteiger partial charge in [-0.3, -0.25) is 4.68 Å². The van der Waals surface area contributed by atoms with Crippen LogP contribution in [-0.4, -0.2) is 9.78 Å². The van der Waals surface area contributed by atoms with E-state index < -0.39 is 0 Å². The van der Waals surface area contributed by atoms with Gasteiger partial charge in [-0.25, -0.2) is 0 Å². The van der Waals surface area contributed by atoms with Crippen molar-refractivity contribution < 1.29 is 0 Å². The lowest BCUT2D eigenvalue weighted by molar-refractivity contribution is 0.678. The van der Waals surface area contributed by atoms with Gasteiger partial charge in [-0.2, -0.15) is 5.10 Å². The third-order valence-electron chi connectivity index (χ3n) is 2.33. The van der Waals surface area contributed by atoms with Gasteiger partial charge in [0.25, 0.3) is 0 Å². The van der Waals surface area contributed by atoms with Crippen LogP contribution in [0, 0.1) is 6.92 Å². The molecule has 2 N–H and O–H groups in total. The average molecular weight is 301 g/mol. The van der Waals surface area contributed by atoms with Gasteiger partial charge in [-0.05, 0) is 34.5 Å². The number of nitrogens with two attached hydrogens (primary N) is 1. The Balaban J connectivity index is 2.30. The third-order valence-corrected chi connectivity index (χ3v) is 3.67. The molecule has 5 heteroatoms. The molecule has 0 aliphatic rings. The minimum absolute atomic E-state index is 0.652. The van der Waals surface area contributed by atoms with Gasteiger partial charge >= 0.3 is 0 Å². The Hall–Kier alpha value is -1.00. The third kappa shape index (κ3) is 2.23. The van der Waals surface area contributed by atoms with Crippen LogP contribution in [0.1, 0.15) is 11.3 Å². The predicted octanol–water partition coefficient (Wildman–Crippen LogP) is 3.24. The van der Waals surface area contributed by atoms with Gasteiger partial charge < -0.3 is 5.73 Å². The van der Waals surface area contributed by atoms with Crippen LogP contribution in [0.2, 0.25) is 5.02 Å². The van der Waals surface area contributed by atoms with Crippen molar-refractivity contribution in [1.29, 1.82) is 0 Å². The van der Waals surface area contributed by atoms with Crippen LogP contribution in [-0.2, 0) is 6.54 Å². The Morgan fingerprint density at radius 1 is 1.50 bits per heavy atom. The van der Waals surface area contributed by atoms with Crippen LogP contribution >= 0.6 is 27.5 Å². The molecule has 1 aromatic heterocycles. The molecular formula is C11H11BrClN3. The Morgan fingerprint density at radius 3 is 2.88 bits per heavy atom. The molecular weight excluding hydrogens is 289 g/mol. The zero-order valence-corrected chi connectivity index (χ0v) is 11.1. The second kappa shape index (κ2) is 4.47. The second-order valence-corrected chi connectivity index (χ2v) is 4.78. The minimum Gasteiger partial charge on any atom is -0.398 e. The quantitative estimate of drug-likeness (QED) is 0.865. The maximum absolute atomic E-state index is 5.95. The van der Waals surface area contributed by atoms with Crippen LogP contribution in [0.4, 0.5) is 5.69 Å². The first-order chi connectivity index (χ1) is 7.58. The van der Waals surface area contributed by atoms with E-state index >= 15 is 0 Å². The van der Waals surface area contributed by atoms with E-state index in [2.05, 4.69) is 21.0 Å². The lowest BCUT2D eigenvalue weighted by atomic mass is 10.2. The molecule has 0 aliphatic carbocycles. The fourth-order valence-electron chi connectivity index (χ4n) is 1.47. The number of hydrogen-bond acceptors (Lipinski definition) is 2. The average Bonchev–Trinajstić information content (AvgIpc) is 2.54. The first kappa shape index (κ1) is 11.5. The number of nitrogen functional groups attached to an aromatic ring is 1. The van der Waals surface area contributed by atoms with Gasteiger partial charge in [-0.15, -0.1) is 0 Å². The Labute approximate surface area is 107 Å². The van der Waals surface area contributed by atoms with Gasteiger partial charge in [0, 0.05) is 16.4 Å². The summed E-state index contributed by atoms with van der Waals surface area (Å²) >= 11 is 9.41. The molecule has 2 rings (SSSR count). The summed E-state index contributed by atoms with van der Waals surface area (Å²) in [4.78, 5) is 0. The molecule has 84 valence electrons. The van der Waals surface area contributed by atoms with E-state index in [1.54, 1.807) is 4.68 Å². The van der Waals surface area contributed by atoms with E-state index in [-0.39, 0.29) is 0 Å². The van der Waals surface area contributed by atoms with E-state index in [0.717, 1.165) is 21.4 Å². The second-order valence-electron chi connectivity index (χ2n) is 3.58. The largest absolute Gasteiger partial charge is 0.398 e. The van der Waals surface area contributed by atoms with Crippen molar-refractivity contribution in [3.05, 3.63) is 45.1 Å². The Morgan fingerprint density at radius 2 is 2.25 bits per heavy atom. The summed E-state index contributed by atoms with van der Waals surface area (Å²) in [6.07, 6.45) is 1.81. The highest BCUT2D eigenvalue weighted by Gasteiger charge is 2.06. The van der Waals surface area contributed by atoms with Gasteiger partial charge in [-0.1, -0.05) is 23.7 Å². The molecule has 0 fully saturated rings.